The number of Topliss-reactive ketones (excluding diaryl/α,β-unsaturated/α-hetero) is 1. The Balaban J connectivity index is 1.96. The van der Waals surface area contributed by atoms with Gasteiger partial charge in [-0.15, -0.1) is 0 Å². The Morgan fingerprint density at radius 1 is 1.12 bits per heavy atom. The molecule has 128 valence electrons. The zero-order chi connectivity index (χ0) is 17.6. The molecule has 2 heterocycles. The maximum atomic E-state index is 12.8. The van der Waals surface area contributed by atoms with Crippen LogP contribution in [0, 0.1) is 17.2 Å². The third kappa shape index (κ3) is 2.63. The van der Waals surface area contributed by atoms with Gasteiger partial charge in [-0.1, -0.05) is 12.1 Å². The highest BCUT2D eigenvalue weighted by Crippen LogP contribution is 2.47. The van der Waals surface area contributed by atoms with Crippen molar-refractivity contribution in [2.75, 3.05) is 5.75 Å². The summed E-state index contributed by atoms with van der Waals surface area (Å²) in [5.41, 5.74) is 2.64. The summed E-state index contributed by atoms with van der Waals surface area (Å²) in [4.78, 5) is 17.6. The number of nitrogens with zero attached hydrogens (tertiary/aromatic N) is 2. The predicted molar refractivity (Wildman–Crippen MR) is 93.7 cm³/mol. The summed E-state index contributed by atoms with van der Waals surface area (Å²) >= 11 is 0. The molecule has 2 atom stereocenters. The first kappa shape index (κ1) is 16.2. The molecule has 6 heteroatoms. The first-order valence-corrected chi connectivity index (χ1v) is 10.2. The minimum Gasteiger partial charge on any atom is -0.299 e. The van der Waals surface area contributed by atoms with E-state index in [9.17, 15) is 18.5 Å². The lowest BCUT2D eigenvalue weighted by Crippen LogP contribution is -2.40. The first-order chi connectivity index (χ1) is 12.0. The Morgan fingerprint density at radius 3 is 2.76 bits per heavy atom. The normalized spacial score (nSPS) is 27.8. The summed E-state index contributed by atoms with van der Waals surface area (Å²) in [7, 11) is -3.44. The minimum absolute atomic E-state index is 0.0599. The molecule has 2 aliphatic heterocycles. The van der Waals surface area contributed by atoms with Gasteiger partial charge in [0, 0.05) is 18.1 Å². The molecule has 5 nitrogen and oxygen atoms in total. The SMILES string of the molecule is N#Cc1cccc(C2C3=C(CCCS3(=O)=O)N=C3CCCC(=O)C32)c1. The van der Waals surface area contributed by atoms with Crippen molar-refractivity contribution in [3.63, 3.8) is 0 Å². The predicted octanol–water partition coefficient (Wildman–Crippen LogP) is 2.89. The van der Waals surface area contributed by atoms with Gasteiger partial charge in [0.25, 0.3) is 0 Å². The number of carbonyl (C=O) groups excluding carboxylic acids is 1. The summed E-state index contributed by atoms with van der Waals surface area (Å²) in [6, 6.07) is 9.08. The third-order valence-corrected chi connectivity index (χ3v) is 7.26. The van der Waals surface area contributed by atoms with Gasteiger partial charge >= 0.3 is 0 Å². The van der Waals surface area contributed by atoms with E-state index in [1.54, 1.807) is 18.2 Å². The number of ketones is 1. The molecule has 1 aliphatic carbocycles. The fourth-order valence-corrected chi connectivity index (χ4v) is 6.15. The molecule has 3 aliphatic rings. The molecule has 0 N–H and O–H groups in total. The number of aliphatic imine (C=N–C) groups is 1. The van der Waals surface area contributed by atoms with Gasteiger partial charge in [0.15, 0.2) is 9.84 Å². The largest absolute Gasteiger partial charge is 0.299 e. The topological polar surface area (TPSA) is 87.4 Å². The average molecular weight is 354 g/mol. The summed E-state index contributed by atoms with van der Waals surface area (Å²) in [5.74, 6) is -0.876. The van der Waals surface area contributed by atoms with Crippen LogP contribution in [0.2, 0.25) is 0 Å². The Labute approximate surface area is 147 Å². The zero-order valence-electron chi connectivity index (χ0n) is 13.7. The van der Waals surface area contributed by atoms with Crippen LogP contribution in [-0.4, -0.2) is 25.7 Å². The second-order valence-electron chi connectivity index (χ2n) is 6.85. The maximum Gasteiger partial charge on any atom is 0.177 e. The molecule has 1 aromatic rings. The van der Waals surface area contributed by atoms with E-state index in [2.05, 4.69) is 11.1 Å². The molecular formula is C19H18N2O3S. The van der Waals surface area contributed by atoms with Gasteiger partial charge in [-0.25, -0.2) is 8.42 Å². The Hall–Kier alpha value is -2.26. The minimum atomic E-state index is -3.44. The van der Waals surface area contributed by atoms with Crippen molar-refractivity contribution in [3.8, 4) is 6.07 Å². The molecule has 0 saturated heterocycles. The molecule has 25 heavy (non-hydrogen) atoms. The molecule has 0 aromatic heterocycles. The Bertz CT molecular complexity index is 967. The highest BCUT2D eigenvalue weighted by Gasteiger charge is 2.46. The van der Waals surface area contributed by atoms with Gasteiger partial charge in [-0.3, -0.25) is 9.79 Å². The number of allylic oxidation sites excluding steroid dienone is 2. The fraction of sp³-hybridized carbons (Fsp3) is 0.421. The van der Waals surface area contributed by atoms with E-state index in [1.165, 1.54) is 0 Å². The monoisotopic (exact) mass is 354 g/mol. The number of rotatable bonds is 1. The molecule has 0 radical (unpaired) electrons. The molecule has 1 fully saturated rings. The number of nitriles is 1. The van der Waals surface area contributed by atoms with Gasteiger partial charge in [-0.2, -0.15) is 5.26 Å². The maximum absolute atomic E-state index is 12.8. The summed E-state index contributed by atoms with van der Waals surface area (Å²) < 4.78 is 25.7. The lowest BCUT2D eigenvalue weighted by atomic mass is 9.72. The van der Waals surface area contributed by atoms with E-state index >= 15 is 0 Å². The lowest BCUT2D eigenvalue weighted by molar-refractivity contribution is -0.121. The van der Waals surface area contributed by atoms with Gasteiger partial charge < -0.3 is 0 Å². The highest BCUT2D eigenvalue weighted by atomic mass is 32.2. The van der Waals surface area contributed by atoms with Crippen molar-refractivity contribution in [3.05, 3.63) is 46.0 Å². The second-order valence-corrected chi connectivity index (χ2v) is 8.93. The van der Waals surface area contributed by atoms with Crippen LogP contribution >= 0.6 is 0 Å². The summed E-state index contributed by atoms with van der Waals surface area (Å²) in [5, 5.41) is 9.21. The molecule has 2 unspecified atom stereocenters. The van der Waals surface area contributed by atoms with Crippen LogP contribution in [0.4, 0.5) is 0 Å². The zero-order valence-corrected chi connectivity index (χ0v) is 14.6. The van der Waals surface area contributed by atoms with Crippen molar-refractivity contribution in [1.29, 1.82) is 5.26 Å². The number of fused-ring (bicyclic) bond motifs is 1. The fourth-order valence-electron chi connectivity index (χ4n) is 4.24. The van der Waals surface area contributed by atoms with E-state index in [1.807, 2.05) is 6.07 Å². The van der Waals surface area contributed by atoms with Gasteiger partial charge in [-0.05, 0) is 43.4 Å². The van der Waals surface area contributed by atoms with Gasteiger partial charge in [0.2, 0.25) is 0 Å². The van der Waals surface area contributed by atoms with E-state index in [0.29, 0.717) is 35.4 Å². The number of hydrogen-bond donors (Lipinski definition) is 0. The van der Waals surface area contributed by atoms with Gasteiger partial charge in [0.05, 0.1) is 33.9 Å². The van der Waals surface area contributed by atoms with Crippen LogP contribution in [0.5, 0.6) is 0 Å². The van der Waals surface area contributed by atoms with Crippen LogP contribution in [0.1, 0.15) is 49.1 Å². The Morgan fingerprint density at radius 2 is 1.96 bits per heavy atom. The Kier molecular flexibility index (Phi) is 3.84. The molecule has 0 spiro atoms. The molecular weight excluding hydrogens is 336 g/mol. The van der Waals surface area contributed by atoms with Crippen molar-refractivity contribution < 1.29 is 13.2 Å². The molecule has 0 amide bonds. The number of hydrogen-bond acceptors (Lipinski definition) is 5. The number of benzene rings is 1. The van der Waals surface area contributed by atoms with Crippen LogP contribution in [0.3, 0.4) is 0 Å². The molecule has 1 saturated carbocycles. The number of carbonyl (C=O) groups is 1. The average Bonchev–Trinajstić information content (AvgIpc) is 2.60. The van der Waals surface area contributed by atoms with Crippen LogP contribution in [0.25, 0.3) is 0 Å². The number of sulfone groups is 1. The van der Waals surface area contributed by atoms with Crippen molar-refractivity contribution in [2.24, 2.45) is 10.9 Å². The van der Waals surface area contributed by atoms with Crippen LogP contribution in [0.15, 0.2) is 39.9 Å². The van der Waals surface area contributed by atoms with E-state index in [-0.39, 0.29) is 11.5 Å². The quantitative estimate of drug-likeness (QED) is 0.776. The second kappa shape index (κ2) is 5.92. The first-order valence-electron chi connectivity index (χ1n) is 8.57. The lowest BCUT2D eigenvalue weighted by Gasteiger charge is -2.38. The highest BCUT2D eigenvalue weighted by molar-refractivity contribution is 7.95. The molecule has 4 rings (SSSR count). The molecule has 1 aromatic carbocycles. The van der Waals surface area contributed by atoms with Crippen molar-refractivity contribution in [1.82, 2.24) is 0 Å². The smallest absolute Gasteiger partial charge is 0.177 e. The summed E-state index contributed by atoms with van der Waals surface area (Å²) in [6.45, 7) is 0. The van der Waals surface area contributed by atoms with E-state index in [0.717, 1.165) is 24.1 Å². The van der Waals surface area contributed by atoms with Crippen molar-refractivity contribution >= 4 is 21.3 Å². The van der Waals surface area contributed by atoms with E-state index in [4.69, 9.17) is 0 Å². The standard InChI is InChI=1S/C19H18N2O3S/c20-11-12-4-1-5-13(10-12)17-18-14(6-2-8-16(18)22)21-15-7-3-9-25(23,24)19(15)17/h1,4-5,10,17-18H,2-3,6-9H2. The summed E-state index contributed by atoms with van der Waals surface area (Å²) in [6.07, 6.45) is 3.17. The van der Waals surface area contributed by atoms with Crippen LogP contribution in [-0.2, 0) is 14.6 Å². The van der Waals surface area contributed by atoms with Gasteiger partial charge in [0.1, 0.15) is 5.78 Å². The third-order valence-electron chi connectivity index (χ3n) is 5.28. The molecule has 0 bridgehead atoms. The van der Waals surface area contributed by atoms with E-state index < -0.39 is 21.7 Å². The van der Waals surface area contributed by atoms with Crippen molar-refractivity contribution in [2.45, 2.75) is 38.0 Å². The van der Waals surface area contributed by atoms with Crippen LogP contribution < -0.4 is 0 Å².